The second-order valence-corrected chi connectivity index (χ2v) is 12.4. The van der Waals surface area contributed by atoms with Crippen molar-refractivity contribution in [3.05, 3.63) is 57.2 Å². The van der Waals surface area contributed by atoms with Crippen molar-refractivity contribution >= 4 is 42.6 Å². The van der Waals surface area contributed by atoms with E-state index in [2.05, 4.69) is 20.8 Å². The molecule has 5 rings (SSSR count). The highest BCUT2D eigenvalue weighted by molar-refractivity contribution is 9.10. The van der Waals surface area contributed by atoms with Gasteiger partial charge in [-0.15, -0.1) is 0 Å². The minimum absolute atomic E-state index is 0.0254. The van der Waals surface area contributed by atoms with Crippen LogP contribution in [0.5, 0.6) is 5.75 Å². The minimum Gasteiger partial charge on any atom is -0.871 e. The molecule has 1 N–H and O–H groups in total. The van der Waals surface area contributed by atoms with E-state index >= 15 is 0 Å². The van der Waals surface area contributed by atoms with Crippen LogP contribution in [0.4, 0.5) is 13.2 Å². The Labute approximate surface area is 219 Å². The molecule has 1 aliphatic heterocycles. The van der Waals surface area contributed by atoms with Crippen LogP contribution in [0.25, 0.3) is 10.9 Å². The minimum atomic E-state index is -4.73. The maximum atomic E-state index is 13.4. The highest BCUT2D eigenvalue weighted by Crippen LogP contribution is 2.46. The molecule has 198 valence electrons. The molecule has 1 saturated heterocycles. The number of rotatable bonds is 7. The fourth-order valence-electron chi connectivity index (χ4n) is 5.12. The third-order valence-electron chi connectivity index (χ3n) is 6.95. The zero-order valence-corrected chi connectivity index (χ0v) is 21.9. The number of carbonyl (C=O) groups is 1. The summed E-state index contributed by atoms with van der Waals surface area (Å²) in [4.78, 5) is 14.1. The van der Waals surface area contributed by atoms with E-state index in [0.717, 1.165) is 44.1 Å². The summed E-state index contributed by atoms with van der Waals surface area (Å²) in [7, 11) is -4.37. The van der Waals surface area contributed by atoms with Crippen LogP contribution in [0.3, 0.4) is 0 Å². The summed E-state index contributed by atoms with van der Waals surface area (Å²) in [5, 5.41) is 23.7. The van der Waals surface area contributed by atoms with Crippen molar-refractivity contribution in [1.82, 2.24) is 9.47 Å². The molecule has 1 aromatic heterocycles. The van der Waals surface area contributed by atoms with Crippen LogP contribution in [-0.2, 0) is 28.3 Å². The Bertz CT molecular complexity index is 1510. The average molecular weight is 600 g/mol. The number of alkyl halides is 3. The predicted octanol–water partition coefficient (Wildman–Crippen LogP) is 5.10. The second kappa shape index (κ2) is 9.32. The molecule has 2 heterocycles. The Morgan fingerprint density at radius 3 is 2.43 bits per heavy atom. The number of aromatic nitrogens is 1. The van der Waals surface area contributed by atoms with Gasteiger partial charge in [-0.1, -0.05) is 27.7 Å². The van der Waals surface area contributed by atoms with Gasteiger partial charge in [0.2, 0.25) is 0 Å². The van der Waals surface area contributed by atoms with E-state index in [1.54, 1.807) is 4.57 Å². The van der Waals surface area contributed by atoms with E-state index in [1.807, 2.05) is 0 Å². The van der Waals surface area contributed by atoms with Crippen LogP contribution in [0, 0.1) is 0 Å². The summed E-state index contributed by atoms with van der Waals surface area (Å²) in [6, 6.07) is 4.79. The molecule has 1 aliphatic carbocycles. The number of nitrogens with zero attached hydrogens (tertiary/aromatic N) is 2. The number of carboxylic acids is 1. The molecule has 0 radical (unpaired) electrons. The van der Waals surface area contributed by atoms with Crippen molar-refractivity contribution in [2.75, 3.05) is 13.1 Å². The van der Waals surface area contributed by atoms with E-state index in [1.165, 1.54) is 6.07 Å². The topological polar surface area (TPSA) is 103 Å². The molecule has 7 nitrogen and oxygen atoms in total. The molecular formula is C25H23BrF3N2O5S-. The van der Waals surface area contributed by atoms with Gasteiger partial charge in [-0.3, -0.25) is 4.90 Å². The molecule has 0 spiro atoms. The Hall–Kier alpha value is -2.57. The molecule has 0 amide bonds. The lowest BCUT2D eigenvalue weighted by molar-refractivity contribution is -0.270. The van der Waals surface area contributed by atoms with E-state index < -0.39 is 38.2 Å². The summed E-state index contributed by atoms with van der Waals surface area (Å²) < 4.78 is 68.4. The molecule has 0 unspecified atom stereocenters. The van der Waals surface area contributed by atoms with Gasteiger partial charge < -0.3 is 14.8 Å². The molecule has 3 aromatic rings. The van der Waals surface area contributed by atoms with Gasteiger partial charge in [-0.2, -0.15) is 13.2 Å². The van der Waals surface area contributed by atoms with E-state index in [0.29, 0.717) is 24.4 Å². The number of benzene rings is 2. The monoisotopic (exact) mass is 599 g/mol. The summed E-state index contributed by atoms with van der Waals surface area (Å²) in [6.07, 6.45) is -1.43. The lowest BCUT2D eigenvalue weighted by Crippen LogP contribution is -2.20. The van der Waals surface area contributed by atoms with Gasteiger partial charge in [0.05, 0.1) is 27.3 Å². The summed E-state index contributed by atoms with van der Waals surface area (Å²) in [5.41, 5.74) is -0.697. The zero-order valence-electron chi connectivity index (χ0n) is 19.5. The first kappa shape index (κ1) is 26.1. The first-order valence-corrected chi connectivity index (χ1v) is 14.2. The first-order valence-electron chi connectivity index (χ1n) is 11.8. The Morgan fingerprint density at radius 1 is 1.16 bits per heavy atom. The van der Waals surface area contributed by atoms with Crippen LogP contribution in [-0.4, -0.2) is 42.1 Å². The van der Waals surface area contributed by atoms with Crippen molar-refractivity contribution in [2.45, 2.75) is 55.1 Å². The number of hydrogen-bond acceptors (Lipinski definition) is 5. The van der Waals surface area contributed by atoms with Gasteiger partial charge in [0.1, 0.15) is 0 Å². The number of aromatic carboxylic acids is 1. The molecule has 12 heteroatoms. The Morgan fingerprint density at radius 2 is 1.84 bits per heavy atom. The highest BCUT2D eigenvalue weighted by atomic mass is 79.9. The third-order valence-corrected chi connectivity index (χ3v) is 9.17. The quantitative estimate of drug-likeness (QED) is 0.405. The molecule has 0 bridgehead atoms. The Kier molecular flexibility index (Phi) is 6.56. The third kappa shape index (κ3) is 4.86. The van der Waals surface area contributed by atoms with Crippen LogP contribution < -0.4 is 5.11 Å². The molecule has 37 heavy (non-hydrogen) atoms. The first-order chi connectivity index (χ1) is 17.4. The molecule has 2 aromatic carbocycles. The van der Waals surface area contributed by atoms with Crippen molar-refractivity contribution in [2.24, 2.45) is 0 Å². The van der Waals surface area contributed by atoms with Crippen LogP contribution in [0.1, 0.15) is 58.9 Å². The number of fused-ring (bicyclic) bond motifs is 1. The smallest absolute Gasteiger partial charge is 0.416 e. The maximum absolute atomic E-state index is 13.4. The predicted molar refractivity (Wildman–Crippen MR) is 131 cm³/mol. The summed E-state index contributed by atoms with van der Waals surface area (Å²) in [6.45, 7) is 1.75. The van der Waals surface area contributed by atoms with Crippen LogP contribution in [0.2, 0.25) is 0 Å². The van der Waals surface area contributed by atoms with Crippen molar-refractivity contribution in [3.63, 3.8) is 0 Å². The normalized spacial score (nSPS) is 17.1. The number of sulfone groups is 1. The summed E-state index contributed by atoms with van der Waals surface area (Å²) in [5.74, 6) is -2.55. The number of likely N-dealkylation sites (tertiary alicyclic amines) is 1. The standard InChI is InChI=1S/C25H24BrF3N2O5S/c26-18-11-19-21(17(23(18)32)12-30-8-1-2-9-30)22(24(33)34)20(31(19)15-6-7-15)13-37(35,36)16-5-3-4-14(10-16)25(27,28)29/h3-5,10-11,15,32H,1-2,6-9,12-13H2,(H,33,34)/p-1. The Balaban J connectivity index is 1.71. The van der Waals surface area contributed by atoms with Crippen LogP contribution >= 0.6 is 15.9 Å². The fourth-order valence-corrected chi connectivity index (χ4v) is 6.97. The van der Waals surface area contributed by atoms with E-state index in [4.69, 9.17) is 0 Å². The van der Waals surface area contributed by atoms with Gasteiger partial charge in [0, 0.05) is 28.1 Å². The van der Waals surface area contributed by atoms with Gasteiger partial charge >= 0.3 is 12.1 Å². The molecule has 1 saturated carbocycles. The molecule has 2 fully saturated rings. The van der Waals surface area contributed by atoms with Crippen molar-refractivity contribution < 1.29 is 36.6 Å². The number of halogens is 4. The van der Waals surface area contributed by atoms with Gasteiger partial charge in [0.25, 0.3) is 0 Å². The molecule has 0 atom stereocenters. The average Bonchev–Trinajstić information content (AvgIpc) is 3.42. The van der Waals surface area contributed by atoms with Gasteiger partial charge in [-0.05, 0) is 68.6 Å². The van der Waals surface area contributed by atoms with E-state index in [9.17, 15) is 36.6 Å². The maximum Gasteiger partial charge on any atom is 0.416 e. The lowest BCUT2D eigenvalue weighted by Gasteiger charge is -2.23. The van der Waals surface area contributed by atoms with Gasteiger partial charge in [-0.25, -0.2) is 13.2 Å². The number of carboxylic acid groups (broad SMARTS) is 1. The van der Waals surface area contributed by atoms with Crippen LogP contribution in [0.15, 0.2) is 39.7 Å². The zero-order chi connectivity index (χ0) is 26.7. The molecular weight excluding hydrogens is 577 g/mol. The van der Waals surface area contributed by atoms with Gasteiger partial charge in [0.15, 0.2) is 9.84 Å². The lowest BCUT2D eigenvalue weighted by atomic mass is 10.0. The van der Waals surface area contributed by atoms with Crippen molar-refractivity contribution in [3.8, 4) is 5.75 Å². The summed E-state index contributed by atoms with van der Waals surface area (Å²) >= 11 is 3.30. The molecule has 2 aliphatic rings. The fraction of sp³-hybridized carbons (Fsp3) is 0.400. The number of hydrogen-bond donors (Lipinski definition) is 1. The van der Waals surface area contributed by atoms with Crippen molar-refractivity contribution in [1.29, 1.82) is 0 Å². The largest absolute Gasteiger partial charge is 0.871 e. The van der Waals surface area contributed by atoms with E-state index in [-0.39, 0.29) is 45.0 Å². The second-order valence-electron chi connectivity index (χ2n) is 9.56. The SMILES string of the molecule is O=C(O)c1c(CS(=O)(=O)c2cccc(C(F)(F)F)c2)n(C2CC2)c2cc(Br)c([O-])c(CN3CCCC3)c12. The highest BCUT2D eigenvalue weighted by Gasteiger charge is 2.36.